The maximum absolute atomic E-state index is 14.3. The van der Waals surface area contributed by atoms with Gasteiger partial charge in [-0.25, -0.2) is 12.8 Å². The van der Waals surface area contributed by atoms with E-state index in [9.17, 15) is 17.6 Å². The van der Waals surface area contributed by atoms with Crippen LogP contribution in [0, 0.1) is 25.6 Å². The van der Waals surface area contributed by atoms with E-state index in [0.29, 0.717) is 41.4 Å². The zero-order valence-electron chi connectivity index (χ0n) is 18.4. The largest absolute Gasteiger partial charge is 0.335 e. The average molecular weight is 479 g/mol. The molecule has 1 saturated heterocycles. The summed E-state index contributed by atoms with van der Waals surface area (Å²) in [6.07, 6.45) is 2.71. The van der Waals surface area contributed by atoms with Crippen LogP contribution in [0.5, 0.6) is 0 Å². The molecule has 5 nitrogen and oxygen atoms in total. The lowest BCUT2D eigenvalue weighted by molar-refractivity contribution is -0.138. The zero-order chi connectivity index (χ0) is 23.0. The topological polar surface area (TPSA) is 57.7 Å². The van der Waals surface area contributed by atoms with E-state index in [1.807, 2.05) is 19.9 Å². The molecule has 1 aliphatic heterocycles. The fourth-order valence-electron chi connectivity index (χ4n) is 4.23. The molecule has 0 N–H and O–H groups in total. The van der Waals surface area contributed by atoms with Crippen LogP contribution in [-0.4, -0.2) is 42.7 Å². The third-order valence-corrected chi connectivity index (χ3v) is 8.83. The standard InChI is InChI=1S/C24H28ClFN2O3S/c1-16-6-9-20(14-17(16)2)32(30,31)27-12-10-18(11-13-27)24(29)28(19-7-8-19)15-21-22(25)4-3-5-23(21)26/h3-6,9,14,18-19H,7-8,10-13,15H2,1-2H3. The number of rotatable bonds is 6. The Balaban J connectivity index is 1.44. The lowest BCUT2D eigenvalue weighted by Crippen LogP contribution is -2.45. The van der Waals surface area contributed by atoms with Crippen molar-refractivity contribution in [1.29, 1.82) is 0 Å². The second-order valence-corrected chi connectivity index (χ2v) is 11.2. The maximum atomic E-state index is 14.3. The maximum Gasteiger partial charge on any atom is 0.243 e. The van der Waals surface area contributed by atoms with E-state index in [1.54, 1.807) is 29.2 Å². The minimum absolute atomic E-state index is 0.0324. The zero-order valence-corrected chi connectivity index (χ0v) is 19.9. The number of piperidine rings is 1. The van der Waals surface area contributed by atoms with Crippen molar-refractivity contribution in [1.82, 2.24) is 9.21 Å². The number of hydrogen-bond donors (Lipinski definition) is 0. The number of carbonyl (C=O) groups is 1. The average Bonchev–Trinajstić information content (AvgIpc) is 3.60. The minimum Gasteiger partial charge on any atom is -0.335 e. The Morgan fingerprint density at radius 1 is 1.09 bits per heavy atom. The van der Waals surface area contributed by atoms with Gasteiger partial charge in [-0.1, -0.05) is 23.7 Å². The molecule has 0 spiro atoms. The van der Waals surface area contributed by atoms with Gasteiger partial charge in [-0.15, -0.1) is 0 Å². The highest BCUT2D eigenvalue weighted by atomic mass is 35.5. The highest BCUT2D eigenvalue weighted by Crippen LogP contribution is 2.34. The molecule has 1 saturated carbocycles. The SMILES string of the molecule is Cc1ccc(S(=O)(=O)N2CCC(C(=O)N(Cc3c(F)cccc3Cl)C3CC3)CC2)cc1C. The quantitative estimate of drug-likeness (QED) is 0.605. The van der Waals surface area contributed by atoms with Gasteiger partial charge in [-0.3, -0.25) is 4.79 Å². The lowest BCUT2D eigenvalue weighted by atomic mass is 9.96. The predicted molar refractivity (Wildman–Crippen MR) is 122 cm³/mol. The molecule has 2 fully saturated rings. The van der Waals surface area contributed by atoms with Gasteiger partial charge in [0.1, 0.15) is 5.82 Å². The molecular formula is C24H28ClFN2O3S. The number of benzene rings is 2. The second kappa shape index (κ2) is 9.12. The first-order valence-electron chi connectivity index (χ1n) is 11.0. The fourth-order valence-corrected chi connectivity index (χ4v) is 6.01. The number of carbonyl (C=O) groups excluding carboxylic acids is 1. The molecule has 2 aromatic carbocycles. The summed E-state index contributed by atoms with van der Waals surface area (Å²) >= 11 is 6.19. The highest BCUT2D eigenvalue weighted by molar-refractivity contribution is 7.89. The minimum atomic E-state index is -3.59. The Morgan fingerprint density at radius 3 is 2.38 bits per heavy atom. The summed E-state index contributed by atoms with van der Waals surface area (Å²) in [5, 5.41) is 0.317. The van der Waals surface area contributed by atoms with Gasteiger partial charge >= 0.3 is 0 Å². The van der Waals surface area contributed by atoms with Crippen LogP contribution in [0.2, 0.25) is 5.02 Å². The third-order valence-electron chi connectivity index (χ3n) is 6.58. The first kappa shape index (κ1) is 23.2. The Labute approximate surface area is 194 Å². The molecular weight excluding hydrogens is 451 g/mol. The number of aryl methyl sites for hydroxylation is 2. The van der Waals surface area contributed by atoms with Crippen molar-refractivity contribution in [3.63, 3.8) is 0 Å². The Morgan fingerprint density at radius 2 is 1.78 bits per heavy atom. The molecule has 2 aromatic rings. The normalized spacial score (nSPS) is 18.0. The molecule has 0 bridgehead atoms. The van der Waals surface area contributed by atoms with Crippen molar-refractivity contribution in [3.8, 4) is 0 Å². The van der Waals surface area contributed by atoms with E-state index in [-0.39, 0.29) is 24.4 Å². The van der Waals surface area contributed by atoms with E-state index < -0.39 is 15.8 Å². The first-order valence-corrected chi connectivity index (χ1v) is 12.8. The van der Waals surface area contributed by atoms with E-state index >= 15 is 0 Å². The summed E-state index contributed by atoms with van der Waals surface area (Å²) in [7, 11) is -3.59. The van der Waals surface area contributed by atoms with Crippen molar-refractivity contribution in [2.24, 2.45) is 5.92 Å². The summed E-state index contributed by atoms with van der Waals surface area (Å²) in [5.41, 5.74) is 2.32. The summed E-state index contributed by atoms with van der Waals surface area (Å²) in [6, 6.07) is 9.81. The van der Waals surface area contributed by atoms with Gasteiger partial charge < -0.3 is 4.90 Å². The molecule has 0 radical (unpaired) electrons. The van der Waals surface area contributed by atoms with E-state index in [0.717, 1.165) is 24.0 Å². The van der Waals surface area contributed by atoms with E-state index in [1.165, 1.54) is 10.4 Å². The summed E-state index contributed by atoms with van der Waals surface area (Å²) in [4.78, 5) is 15.3. The van der Waals surface area contributed by atoms with Crippen molar-refractivity contribution >= 4 is 27.5 Å². The molecule has 172 valence electrons. The van der Waals surface area contributed by atoms with Crippen molar-refractivity contribution in [3.05, 3.63) is 63.9 Å². The lowest BCUT2D eigenvalue weighted by Gasteiger charge is -2.34. The highest BCUT2D eigenvalue weighted by Gasteiger charge is 2.39. The van der Waals surface area contributed by atoms with Gasteiger partial charge in [0, 0.05) is 35.6 Å². The number of halogens is 2. The van der Waals surface area contributed by atoms with Gasteiger partial charge in [-0.2, -0.15) is 4.31 Å². The van der Waals surface area contributed by atoms with Gasteiger partial charge in [0.15, 0.2) is 0 Å². The molecule has 0 unspecified atom stereocenters. The number of sulfonamides is 1. The number of hydrogen-bond acceptors (Lipinski definition) is 3. The molecule has 1 heterocycles. The molecule has 32 heavy (non-hydrogen) atoms. The Bertz CT molecular complexity index is 1110. The van der Waals surface area contributed by atoms with Gasteiger partial charge in [0.25, 0.3) is 0 Å². The van der Waals surface area contributed by atoms with Gasteiger partial charge in [0.05, 0.1) is 11.4 Å². The summed E-state index contributed by atoms with van der Waals surface area (Å²) < 4.78 is 41.9. The molecule has 0 aromatic heterocycles. The molecule has 1 aliphatic carbocycles. The van der Waals surface area contributed by atoms with Crippen LogP contribution in [0.4, 0.5) is 4.39 Å². The smallest absolute Gasteiger partial charge is 0.243 e. The monoisotopic (exact) mass is 478 g/mol. The van der Waals surface area contributed by atoms with Crippen LogP contribution >= 0.6 is 11.6 Å². The van der Waals surface area contributed by atoms with Gasteiger partial charge in [0.2, 0.25) is 15.9 Å². The molecule has 0 atom stereocenters. The van der Waals surface area contributed by atoms with Crippen molar-refractivity contribution in [2.45, 2.75) is 57.0 Å². The first-order chi connectivity index (χ1) is 15.2. The molecule has 4 rings (SSSR count). The predicted octanol–water partition coefficient (Wildman–Crippen LogP) is 4.69. The van der Waals surface area contributed by atoms with Crippen molar-refractivity contribution in [2.75, 3.05) is 13.1 Å². The van der Waals surface area contributed by atoms with Gasteiger partial charge in [-0.05, 0) is 74.9 Å². The van der Waals surface area contributed by atoms with Crippen LogP contribution in [0.3, 0.4) is 0 Å². The van der Waals surface area contributed by atoms with E-state index in [2.05, 4.69) is 0 Å². The van der Waals surface area contributed by atoms with Crippen LogP contribution in [0.1, 0.15) is 42.4 Å². The number of nitrogens with zero attached hydrogens (tertiary/aromatic N) is 2. The van der Waals surface area contributed by atoms with E-state index in [4.69, 9.17) is 11.6 Å². The van der Waals surface area contributed by atoms with Crippen LogP contribution < -0.4 is 0 Å². The van der Waals surface area contributed by atoms with Crippen LogP contribution in [0.15, 0.2) is 41.3 Å². The number of amides is 1. The molecule has 2 aliphatic rings. The molecule has 8 heteroatoms. The fraction of sp³-hybridized carbons (Fsp3) is 0.458. The third kappa shape index (κ3) is 4.70. The van der Waals surface area contributed by atoms with Crippen LogP contribution in [-0.2, 0) is 21.4 Å². The summed E-state index contributed by atoms with van der Waals surface area (Å²) in [6.45, 7) is 4.59. The Kier molecular flexibility index (Phi) is 6.61. The summed E-state index contributed by atoms with van der Waals surface area (Å²) in [5.74, 6) is -0.715. The Hall–Kier alpha value is -1.96. The van der Waals surface area contributed by atoms with Crippen LogP contribution in [0.25, 0.3) is 0 Å². The molecule has 1 amide bonds. The second-order valence-electron chi connectivity index (χ2n) is 8.82. The van der Waals surface area contributed by atoms with Crippen molar-refractivity contribution < 1.29 is 17.6 Å².